The van der Waals surface area contributed by atoms with Gasteiger partial charge in [-0.15, -0.1) is 0 Å². The normalized spacial score (nSPS) is 19.6. The van der Waals surface area contributed by atoms with Gasteiger partial charge in [0.1, 0.15) is 0 Å². The molecule has 1 atom stereocenters. The average Bonchev–Trinajstić information content (AvgIpc) is 2.87. The molecule has 0 aromatic heterocycles. The van der Waals surface area contributed by atoms with Crippen LogP contribution in [0.25, 0.3) is 0 Å². The molecule has 0 radical (unpaired) electrons. The number of amides is 1. The zero-order chi connectivity index (χ0) is 17.7. The fourth-order valence-electron chi connectivity index (χ4n) is 2.73. The van der Waals surface area contributed by atoms with E-state index < -0.39 is 9.84 Å². The number of carbonyl (C=O) groups excluding carboxylic acids is 1. The molecule has 5 nitrogen and oxygen atoms in total. The van der Waals surface area contributed by atoms with Crippen LogP contribution >= 0.6 is 23.2 Å². The number of hydrogen-bond acceptors (Lipinski definition) is 4. The molecule has 1 aliphatic rings. The maximum Gasteiger partial charge on any atom is 0.221 e. The van der Waals surface area contributed by atoms with Crippen molar-refractivity contribution in [3.05, 3.63) is 33.8 Å². The molecule has 1 aliphatic heterocycles. The predicted octanol–water partition coefficient (Wildman–Crippen LogP) is 2.16. The molecular formula is C16H22Cl2N2O3S. The lowest BCUT2D eigenvalue weighted by molar-refractivity contribution is -0.121. The van der Waals surface area contributed by atoms with E-state index in [1.807, 2.05) is 18.0 Å². The highest BCUT2D eigenvalue weighted by Gasteiger charge is 2.30. The topological polar surface area (TPSA) is 66.5 Å². The second-order valence-corrected chi connectivity index (χ2v) is 9.20. The minimum atomic E-state index is -2.90. The minimum absolute atomic E-state index is 0.0238. The predicted molar refractivity (Wildman–Crippen MR) is 97.5 cm³/mol. The van der Waals surface area contributed by atoms with Crippen molar-refractivity contribution >= 4 is 38.9 Å². The van der Waals surface area contributed by atoms with Crippen LogP contribution < -0.4 is 5.32 Å². The SMILES string of the molecule is CN(CCC(=O)NCCc1ccc(Cl)cc1Cl)C1CCS(=O)(=O)C1. The Morgan fingerprint density at radius 3 is 2.75 bits per heavy atom. The second kappa shape index (κ2) is 8.52. The first-order valence-electron chi connectivity index (χ1n) is 7.88. The van der Waals surface area contributed by atoms with Gasteiger partial charge in [-0.05, 0) is 37.6 Å². The summed E-state index contributed by atoms with van der Waals surface area (Å²) in [6.07, 6.45) is 1.63. The third-order valence-electron chi connectivity index (χ3n) is 4.25. The van der Waals surface area contributed by atoms with Gasteiger partial charge in [0.25, 0.3) is 0 Å². The van der Waals surface area contributed by atoms with Crippen molar-refractivity contribution in [3.63, 3.8) is 0 Å². The lowest BCUT2D eigenvalue weighted by Gasteiger charge is -2.22. The largest absolute Gasteiger partial charge is 0.356 e. The van der Waals surface area contributed by atoms with E-state index in [1.165, 1.54) is 0 Å². The van der Waals surface area contributed by atoms with Gasteiger partial charge in [-0.1, -0.05) is 29.3 Å². The molecule has 1 aromatic rings. The molecule has 0 aliphatic carbocycles. The average molecular weight is 393 g/mol. The summed E-state index contributed by atoms with van der Waals surface area (Å²) >= 11 is 11.9. The maximum absolute atomic E-state index is 11.9. The lowest BCUT2D eigenvalue weighted by atomic mass is 10.1. The van der Waals surface area contributed by atoms with Crippen molar-refractivity contribution in [1.82, 2.24) is 10.2 Å². The smallest absolute Gasteiger partial charge is 0.221 e. The second-order valence-electron chi connectivity index (χ2n) is 6.12. The number of sulfone groups is 1. The molecule has 1 fully saturated rings. The van der Waals surface area contributed by atoms with Gasteiger partial charge in [0.2, 0.25) is 5.91 Å². The molecule has 1 N–H and O–H groups in total. The summed E-state index contributed by atoms with van der Waals surface area (Å²) in [4.78, 5) is 13.9. The lowest BCUT2D eigenvalue weighted by Crippen LogP contribution is -2.36. The van der Waals surface area contributed by atoms with E-state index in [1.54, 1.807) is 12.1 Å². The first-order chi connectivity index (χ1) is 11.3. The van der Waals surface area contributed by atoms with Crippen molar-refractivity contribution in [1.29, 1.82) is 0 Å². The van der Waals surface area contributed by atoms with Crippen LogP contribution in [0.15, 0.2) is 18.2 Å². The quantitative estimate of drug-likeness (QED) is 0.771. The molecule has 0 bridgehead atoms. The number of hydrogen-bond donors (Lipinski definition) is 1. The molecular weight excluding hydrogens is 371 g/mol. The molecule has 1 amide bonds. The highest BCUT2D eigenvalue weighted by molar-refractivity contribution is 7.91. The Morgan fingerprint density at radius 2 is 2.12 bits per heavy atom. The van der Waals surface area contributed by atoms with E-state index in [-0.39, 0.29) is 23.5 Å². The van der Waals surface area contributed by atoms with E-state index in [0.29, 0.717) is 42.4 Å². The highest BCUT2D eigenvalue weighted by Crippen LogP contribution is 2.21. The monoisotopic (exact) mass is 392 g/mol. The molecule has 24 heavy (non-hydrogen) atoms. The third-order valence-corrected chi connectivity index (χ3v) is 6.59. The summed E-state index contributed by atoms with van der Waals surface area (Å²) < 4.78 is 23.0. The van der Waals surface area contributed by atoms with Gasteiger partial charge >= 0.3 is 0 Å². The first-order valence-corrected chi connectivity index (χ1v) is 10.5. The molecule has 1 aromatic carbocycles. The van der Waals surface area contributed by atoms with Crippen LogP contribution in [0.2, 0.25) is 10.0 Å². The van der Waals surface area contributed by atoms with Gasteiger partial charge in [-0.3, -0.25) is 4.79 Å². The van der Waals surface area contributed by atoms with E-state index in [2.05, 4.69) is 5.32 Å². The number of benzene rings is 1. The minimum Gasteiger partial charge on any atom is -0.356 e. The summed E-state index contributed by atoms with van der Waals surface area (Å²) in [6, 6.07) is 5.33. The Kier molecular flexibility index (Phi) is 6.92. The Hall–Kier alpha value is -0.820. The van der Waals surface area contributed by atoms with Gasteiger partial charge in [-0.25, -0.2) is 8.42 Å². The van der Waals surface area contributed by atoms with E-state index in [4.69, 9.17) is 23.2 Å². The van der Waals surface area contributed by atoms with Crippen LogP contribution in [0.5, 0.6) is 0 Å². The Bertz CT molecular complexity index is 695. The van der Waals surface area contributed by atoms with Gasteiger partial charge in [-0.2, -0.15) is 0 Å². The first kappa shape index (κ1) is 19.5. The van der Waals surface area contributed by atoms with Crippen LogP contribution in [0.3, 0.4) is 0 Å². The van der Waals surface area contributed by atoms with E-state index >= 15 is 0 Å². The number of carbonyl (C=O) groups is 1. The Balaban J connectivity index is 1.68. The summed E-state index contributed by atoms with van der Waals surface area (Å²) in [6.45, 7) is 1.05. The zero-order valence-electron chi connectivity index (χ0n) is 13.6. The van der Waals surface area contributed by atoms with Gasteiger partial charge in [0.05, 0.1) is 11.5 Å². The van der Waals surface area contributed by atoms with Crippen molar-refractivity contribution in [2.45, 2.75) is 25.3 Å². The molecule has 1 saturated heterocycles. The number of nitrogens with one attached hydrogen (secondary N) is 1. The van der Waals surface area contributed by atoms with Crippen LogP contribution in [0.1, 0.15) is 18.4 Å². The van der Waals surface area contributed by atoms with Crippen molar-refractivity contribution in [2.24, 2.45) is 0 Å². The summed E-state index contributed by atoms with van der Waals surface area (Å²) in [5.41, 5.74) is 0.939. The summed E-state index contributed by atoms with van der Waals surface area (Å²) in [5, 5.41) is 4.04. The maximum atomic E-state index is 11.9. The molecule has 134 valence electrons. The Labute approximate surface area is 153 Å². The number of halogens is 2. The molecule has 2 rings (SSSR count). The third kappa shape index (κ3) is 5.92. The highest BCUT2D eigenvalue weighted by atomic mass is 35.5. The van der Waals surface area contributed by atoms with Crippen LogP contribution in [0.4, 0.5) is 0 Å². The number of nitrogens with zero attached hydrogens (tertiary/aromatic N) is 1. The zero-order valence-corrected chi connectivity index (χ0v) is 15.9. The van der Waals surface area contributed by atoms with Gasteiger partial charge in [0, 0.05) is 35.6 Å². The summed E-state index contributed by atoms with van der Waals surface area (Å²) in [5.74, 6) is 0.392. The Morgan fingerprint density at radius 1 is 1.38 bits per heavy atom. The van der Waals surface area contributed by atoms with Crippen LogP contribution in [-0.2, 0) is 21.1 Å². The fourth-order valence-corrected chi connectivity index (χ4v) is 5.04. The fraction of sp³-hybridized carbons (Fsp3) is 0.562. The van der Waals surface area contributed by atoms with Gasteiger partial charge in [0.15, 0.2) is 9.84 Å². The number of rotatable bonds is 7. The van der Waals surface area contributed by atoms with Crippen LogP contribution in [0, 0.1) is 0 Å². The van der Waals surface area contributed by atoms with E-state index in [9.17, 15) is 13.2 Å². The van der Waals surface area contributed by atoms with Crippen molar-refractivity contribution < 1.29 is 13.2 Å². The standard InChI is InChI=1S/C16H22Cl2N2O3S/c1-20(14-6-9-24(22,23)11-14)8-5-16(21)19-7-4-12-2-3-13(17)10-15(12)18/h2-3,10,14H,4-9,11H2,1H3,(H,19,21). The molecule has 1 unspecified atom stereocenters. The van der Waals surface area contributed by atoms with Crippen LogP contribution in [-0.4, -0.2) is 56.9 Å². The van der Waals surface area contributed by atoms with Gasteiger partial charge < -0.3 is 10.2 Å². The van der Waals surface area contributed by atoms with Crippen molar-refractivity contribution in [2.75, 3.05) is 31.6 Å². The van der Waals surface area contributed by atoms with E-state index in [0.717, 1.165) is 5.56 Å². The molecule has 0 spiro atoms. The molecule has 1 heterocycles. The van der Waals surface area contributed by atoms with Crippen molar-refractivity contribution in [3.8, 4) is 0 Å². The molecule has 0 saturated carbocycles. The molecule has 8 heteroatoms. The summed E-state index contributed by atoms with van der Waals surface area (Å²) in [7, 11) is -1.03.